The standard InChI is InChI=1S/C13H13NO/c1-10-8-9-12(13(14-10)15-2)11-6-4-3-5-7-11/h3-9H,1-2H3. The van der Waals surface area contributed by atoms with E-state index in [9.17, 15) is 0 Å². The molecule has 0 aliphatic rings. The van der Waals surface area contributed by atoms with Crippen LogP contribution in [0, 0.1) is 6.92 Å². The number of aromatic nitrogens is 1. The van der Waals surface area contributed by atoms with Gasteiger partial charge in [-0.1, -0.05) is 30.3 Å². The lowest BCUT2D eigenvalue weighted by Crippen LogP contribution is -1.93. The third-order valence-corrected chi connectivity index (χ3v) is 2.28. The molecule has 2 heteroatoms. The number of ether oxygens (including phenoxy) is 1. The van der Waals surface area contributed by atoms with Gasteiger partial charge >= 0.3 is 0 Å². The first-order chi connectivity index (χ1) is 7.31. The third kappa shape index (κ3) is 1.99. The first kappa shape index (κ1) is 9.71. The molecule has 2 aromatic rings. The second-order valence-corrected chi connectivity index (χ2v) is 3.38. The van der Waals surface area contributed by atoms with E-state index in [4.69, 9.17) is 4.74 Å². The zero-order chi connectivity index (χ0) is 10.7. The number of methoxy groups -OCH3 is 1. The summed E-state index contributed by atoms with van der Waals surface area (Å²) in [4.78, 5) is 4.35. The van der Waals surface area contributed by atoms with Gasteiger partial charge in [0.2, 0.25) is 5.88 Å². The van der Waals surface area contributed by atoms with Gasteiger partial charge in [0.05, 0.1) is 7.11 Å². The van der Waals surface area contributed by atoms with Crippen LogP contribution in [0.25, 0.3) is 11.1 Å². The minimum atomic E-state index is 0.682. The highest BCUT2D eigenvalue weighted by molar-refractivity contribution is 5.68. The highest BCUT2D eigenvalue weighted by atomic mass is 16.5. The van der Waals surface area contributed by atoms with Gasteiger partial charge in [-0.05, 0) is 24.6 Å². The molecule has 1 heterocycles. The summed E-state index contributed by atoms with van der Waals surface area (Å²) in [5.41, 5.74) is 3.12. The first-order valence-corrected chi connectivity index (χ1v) is 4.88. The largest absolute Gasteiger partial charge is 0.481 e. The summed E-state index contributed by atoms with van der Waals surface area (Å²) in [6, 6.07) is 14.1. The molecular weight excluding hydrogens is 186 g/mol. The van der Waals surface area contributed by atoms with E-state index in [1.54, 1.807) is 7.11 Å². The Balaban J connectivity index is 2.53. The van der Waals surface area contributed by atoms with Crippen molar-refractivity contribution in [2.24, 2.45) is 0 Å². The lowest BCUT2D eigenvalue weighted by atomic mass is 10.1. The highest BCUT2D eigenvalue weighted by Crippen LogP contribution is 2.27. The van der Waals surface area contributed by atoms with Crippen molar-refractivity contribution in [2.75, 3.05) is 7.11 Å². The quantitative estimate of drug-likeness (QED) is 0.741. The van der Waals surface area contributed by atoms with Gasteiger partial charge in [0.1, 0.15) is 0 Å². The average molecular weight is 199 g/mol. The second kappa shape index (κ2) is 4.13. The average Bonchev–Trinajstić information content (AvgIpc) is 2.30. The predicted molar refractivity (Wildman–Crippen MR) is 61.0 cm³/mol. The molecule has 0 bridgehead atoms. The Morgan fingerprint density at radius 3 is 2.40 bits per heavy atom. The molecule has 76 valence electrons. The van der Waals surface area contributed by atoms with E-state index in [0.29, 0.717) is 5.88 Å². The summed E-state index contributed by atoms with van der Waals surface area (Å²) in [6.07, 6.45) is 0. The molecule has 1 aromatic heterocycles. The Bertz CT molecular complexity index is 451. The Kier molecular flexibility index (Phi) is 2.68. The Morgan fingerprint density at radius 1 is 1.00 bits per heavy atom. The van der Waals surface area contributed by atoms with E-state index in [2.05, 4.69) is 17.1 Å². The number of aryl methyl sites for hydroxylation is 1. The predicted octanol–water partition coefficient (Wildman–Crippen LogP) is 3.07. The number of hydrogen-bond donors (Lipinski definition) is 0. The zero-order valence-corrected chi connectivity index (χ0v) is 8.90. The monoisotopic (exact) mass is 199 g/mol. The van der Waals surface area contributed by atoms with Crippen LogP contribution in [0.1, 0.15) is 5.69 Å². The van der Waals surface area contributed by atoms with Crippen LogP contribution in [0.5, 0.6) is 5.88 Å². The summed E-state index contributed by atoms with van der Waals surface area (Å²) in [5, 5.41) is 0. The summed E-state index contributed by atoms with van der Waals surface area (Å²) in [5.74, 6) is 0.682. The van der Waals surface area contributed by atoms with Gasteiger partial charge in [0.15, 0.2) is 0 Å². The van der Waals surface area contributed by atoms with Crippen molar-refractivity contribution in [2.45, 2.75) is 6.92 Å². The van der Waals surface area contributed by atoms with E-state index in [-0.39, 0.29) is 0 Å². The second-order valence-electron chi connectivity index (χ2n) is 3.38. The molecule has 0 saturated carbocycles. The number of hydrogen-bond acceptors (Lipinski definition) is 2. The fourth-order valence-electron chi connectivity index (χ4n) is 1.53. The molecule has 0 spiro atoms. The SMILES string of the molecule is COc1nc(C)ccc1-c1ccccc1. The number of benzene rings is 1. The molecule has 0 fully saturated rings. The Hall–Kier alpha value is -1.83. The molecule has 0 aliphatic heterocycles. The van der Waals surface area contributed by atoms with E-state index < -0.39 is 0 Å². The first-order valence-electron chi connectivity index (χ1n) is 4.88. The molecule has 0 saturated heterocycles. The van der Waals surface area contributed by atoms with Crippen molar-refractivity contribution in [1.29, 1.82) is 0 Å². The van der Waals surface area contributed by atoms with Gasteiger partial charge in [-0.25, -0.2) is 4.98 Å². The van der Waals surface area contributed by atoms with Gasteiger partial charge in [-0.15, -0.1) is 0 Å². The van der Waals surface area contributed by atoms with Gasteiger partial charge in [-0.2, -0.15) is 0 Å². The summed E-state index contributed by atoms with van der Waals surface area (Å²) in [7, 11) is 1.65. The van der Waals surface area contributed by atoms with Crippen LogP contribution in [0.15, 0.2) is 42.5 Å². The zero-order valence-electron chi connectivity index (χ0n) is 8.90. The third-order valence-electron chi connectivity index (χ3n) is 2.28. The molecule has 0 unspecified atom stereocenters. The maximum atomic E-state index is 5.27. The lowest BCUT2D eigenvalue weighted by Gasteiger charge is -2.07. The number of nitrogens with zero attached hydrogens (tertiary/aromatic N) is 1. The maximum absolute atomic E-state index is 5.27. The molecule has 15 heavy (non-hydrogen) atoms. The van der Waals surface area contributed by atoms with Crippen LogP contribution in [-0.2, 0) is 0 Å². The van der Waals surface area contributed by atoms with Crippen molar-refractivity contribution < 1.29 is 4.74 Å². The van der Waals surface area contributed by atoms with Crippen LogP contribution in [0.4, 0.5) is 0 Å². The van der Waals surface area contributed by atoms with Crippen LogP contribution in [-0.4, -0.2) is 12.1 Å². The van der Waals surface area contributed by atoms with Crippen molar-refractivity contribution >= 4 is 0 Å². The Morgan fingerprint density at radius 2 is 1.73 bits per heavy atom. The topological polar surface area (TPSA) is 22.1 Å². The van der Waals surface area contributed by atoms with Gasteiger partial charge in [0, 0.05) is 11.3 Å². The van der Waals surface area contributed by atoms with E-state index in [0.717, 1.165) is 16.8 Å². The summed E-state index contributed by atoms with van der Waals surface area (Å²) < 4.78 is 5.27. The molecule has 0 aliphatic carbocycles. The highest BCUT2D eigenvalue weighted by Gasteiger charge is 2.06. The van der Waals surface area contributed by atoms with Crippen LogP contribution >= 0.6 is 0 Å². The molecule has 0 radical (unpaired) electrons. The molecule has 2 rings (SSSR count). The van der Waals surface area contributed by atoms with E-state index in [1.165, 1.54) is 0 Å². The van der Waals surface area contributed by atoms with Crippen molar-refractivity contribution in [3.8, 4) is 17.0 Å². The van der Waals surface area contributed by atoms with E-state index in [1.807, 2.05) is 37.3 Å². The summed E-state index contributed by atoms with van der Waals surface area (Å²) >= 11 is 0. The lowest BCUT2D eigenvalue weighted by molar-refractivity contribution is 0.399. The molecule has 0 atom stereocenters. The van der Waals surface area contributed by atoms with Gasteiger partial charge in [-0.3, -0.25) is 0 Å². The molecule has 2 nitrogen and oxygen atoms in total. The van der Waals surface area contributed by atoms with E-state index >= 15 is 0 Å². The van der Waals surface area contributed by atoms with Crippen molar-refractivity contribution in [3.63, 3.8) is 0 Å². The molecule has 0 amide bonds. The number of pyridine rings is 1. The van der Waals surface area contributed by atoms with Crippen LogP contribution in [0.2, 0.25) is 0 Å². The van der Waals surface area contributed by atoms with Crippen LogP contribution < -0.4 is 4.74 Å². The Labute approximate surface area is 89.6 Å². The van der Waals surface area contributed by atoms with Gasteiger partial charge in [0.25, 0.3) is 0 Å². The van der Waals surface area contributed by atoms with Crippen molar-refractivity contribution in [3.05, 3.63) is 48.2 Å². The van der Waals surface area contributed by atoms with Crippen LogP contribution in [0.3, 0.4) is 0 Å². The van der Waals surface area contributed by atoms with Crippen molar-refractivity contribution in [1.82, 2.24) is 4.98 Å². The normalized spacial score (nSPS) is 10.0. The molecule has 1 aromatic carbocycles. The molecular formula is C13H13NO. The molecule has 0 N–H and O–H groups in total. The number of rotatable bonds is 2. The minimum Gasteiger partial charge on any atom is -0.481 e. The summed E-state index contributed by atoms with van der Waals surface area (Å²) in [6.45, 7) is 1.96. The van der Waals surface area contributed by atoms with Gasteiger partial charge < -0.3 is 4.74 Å². The maximum Gasteiger partial charge on any atom is 0.221 e. The fourth-order valence-corrected chi connectivity index (χ4v) is 1.53. The fraction of sp³-hybridized carbons (Fsp3) is 0.154. The minimum absolute atomic E-state index is 0.682. The smallest absolute Gasteiger partial charge is 0.221 e.